The Morgan fingerprint density at radius 2 is 1.67 bits per heavy atom. The fourth-order valence-electron chi connectivity index (χ4n) is 2.65. The second-order valence-corrected chi connectivity index (χ2v) is 5.70. The van der Waals surface area contributed by atoms with Gasteiger partial charge in [-0.15, -0.1) is 0 Å². The zero-order valence-electron chi connectivity index (χ0n) is 14.4. The van der Waals surface area contributed by atoms with Gasteiger partial charge in [0.2, 0.25) is 5.91 Å². The third-order valence-corrected chi connectivity index (χ3v) is 3.70. The summed E-state index contributed by atoms with van der Waals surface area (Å²) in [5.74, 6) is -0.145. The minimum absolute atomic E-state index is 0.108. The van der Waals surface area contributed by atoms with Crippen LogP contribution in [0.15, 0.2) is 36.4 Å². The van der Waals surface area contributed by atoms with Gasteiger partial charge in [0.25, 0.3) is 5.91 Å². The van der Waals surface area contributed by atoms with Crippen LogP contribution in [-0.4, -0.2) is 25.5 Å². The fraction of sp³-hybridized carbons (Fsp3) is 0.263. The van der Waals surface area contributed by atoms with Crippen LogP contribution in [-0.2, 0) is 4.79 Å². The number of nitrogens with one attached hydrogen (secondary N) is 2. The molecule has 0 atom stereocenters. The summed E-state index contributed by atoms with van der Waals surface area (Å²) in [5.41, 5.74) is 4.33. The molecule has 0 saturated carbocycles. The van der Waals surface area contributed by atoms with Gasteiger partial charge in [0.15, 0.2) is 0 Å². The molecule has 5 heteroatoms. The van der Waals surface area contributed by atoms with E-state index < -0.39 is 0 Å². The first-order valence-corrected chi connectivity index (χ1v) is 7.71. The van der Waals surface area contributed by atoms with Gasteiger partial charge in [-0.2, -0.15) is 0 Å². The molecule has 2 amide bonds. The molecule has 2 N–H and O–H groups in total. The van der Waals surface area contributed by atoms with Gasteiger partial charge in [-0.25, -0.2) is 0 Å². The quantitative estimate of drug-likeness (QED) is 0.887. The van der Waals surface area contributed by atoms with E-state index in [1.165, 1.54) is 7.11 Å². The van der Waals surface area contributed by atoms with Gasteiger partial charge >= 0.3 is 0 Å². The van der Waals surface area contributed by atoms with Crippen molar-refractivity contribution in [1.29, 1.82) is 0 Å². The van der Waals surface area contributed by atoms with Gasteiger partial charge in [-0.05, 0) is 44.0 Å². The van der Waals surface area contributed by atoms with Gasteiger partial charge in [-0.3, -0.25) is 9.59 Å². The number of hydrogen-bond donors (Lipinski definition) is 2. The molecule has 2 rings (SSSR count). The lowest BCUT2D eigenvalue weighted by molar-refractivity contribution is -0.115. The fourth-order valence-corrected chi connectivity index (χ4v) is 2.65. The van der Waals surface area contributed by atoms with Crippen LogP contribution in [0.2, 0.25) is 0 Å². The second kappa shape index (κ2) is 7.64. The summed E-state index contributed by atoms with van der Waals surface area (Å²) in [7, 11) is 1.50. The zero-order chi connectivity index (χ0) is 17.7. The lowest BCUT2D eigenvalue weighted by atomic mass is 10.1. The normalized spacial score (nSPS) is 10.2. The monoisotopic (exact) mass is 326 g/mol. The Bertz CT molecular complexity index is 746. The molecule has 0 bridgehead atoms. The molecule has 0 unspecified atom stereocenters. The van der Waals surface area contributed by atoms with Crippen LogP contribution in [0.1, 0.15) is 27.0 Å². The van der Waals surface area contributed by atoms with Gasteiger partial charge in [0.05, 0.1) is 19.2 Å². The summed E-state index contributed by atoms with van der Waals surface area (Å²) in [4.78, 5) is 24.3. The Balaban J connectivity index is 2.00. The van der Waals surface area contributed by atoms with Crippen molar-refractivity contribution < 1.29 is 14.3 Å². The molecule has 0 saturated heterocycles. The number of aryl methyl sites for hydroxylation is 3. The third-order valence-electron chi connectivity index (χ3n) is 3.70. The van der Waals surface area contributed by atoms with E-state index in [1.807, 2.05) is 32.9 Å². The minimum atomic E-state index is -0.347. The first kappa shape index (κ1) is 17.5. The molecular weight excluding hydrogens is 304 g/mol. The first-order valence-electron chi connectivity index (χ1n) is 7.71. The number of para-hydroxylation sites is 1. The lowest BCUT2D eigenvalue weighted by Gasteiger charge is -2.13. The van der Waals surface area contributed by atoms with Crippen molar-refractivity contribution in [2.75, 3.05) is 19.0 Å². The molecule has 0 aliphatic rings. The Kier molecular flexibility index (Phi) is 5.58. The molecule has 126 valence electrons. The van der Waals surface area contributed by atoms with Crippen LogP contribution >= 0.6 is 0 Å². The second-order valence-electron chi connectivity index (χ2n) is 5.70. The van der Waals surface area contributed by atoms with Crippen molar-refractivity contribution in [3.05, 3.63) is 58.7 Å². The van der Waals surface area contributed by atoms with Crippen molar-refractivity contribution in [2.45, 2.75) is 20.8 Å². The Morgan fingerprint density at radius 1 is 1.04 bits per heavy atom. The van der Waals surface area contributed by atoms with Crippen LogP contribution < -0.4 is 15.4 Å². The molecule has 0 aliphatic carbocycles. The van der Waals surface area contributed by atoms with E-state index in [9.17, 15) is 9.59 Å². The van der Waals surface area contributed by atoms with Crippen molar-refractivity contribution in [1.82, 2.24) is 5.32 Å². The molecule has 0 aromatic heterocycles. The summed E-state index contributed by atoms with van der Waals surface area (Å²) in [6.07, 6.45) is 0. The number of ether oxygens (including phenoxy) is 1. The largest absolute Gasteiger partial charge is 0.496 e. The smallest absolute Gasteiger partial charge is 0.255 e. The number of carbonyl (C=O) groups is 2. The van der Waals surface area contributed by atoms with E-state index in [-0.39, 0.29) is 18.4 Å². The molecule has 0 aliphatic heterocycles. The summed E-state index contributed by atoms with van der Waals surface area (Å²) in [6.45, 7) is 5.80. The van der Waals surface area contributed by atoms with Crippen LogP contribution in [0.25, 0.3) is 0 Å². The van der Waals surface area contributed by atoms with Crippen LogP contribution in [0, 0.1) is 20.8 Å². The maximum absolute atomic E-state index is 12.2. The molecule has 0 spiro atoms. The molecule has 5 nitrogen and oxygen atoms in total. The highest BCUT2D eigenvalue weighted by atomic mass is 16.5. The molecule has 0 radical (unpaired) electrons. The lowest BCUT2D eigenvalue weighted by Crippen LogP contribution is -2.33. The SMILES string of the molecule is COc1ccccc1C(=O)NCC(=O)Nc1c(C)cc(C)cc1C. The van der Waals surface area contributed by atoms with Gasteiger partial charge in [-0.1, -0.05) is 29.8 Å². The number of rotatable bonds is 5. The number of methoxy groups -OCH3 is 1. The number of carbonyl (C=O) groups excluding carboxylic acids is 2. The predicted octanol–water partition coefficient (Wildman–Crippen LogP) is 2.99. The number of hydrogen-bond acceptors (Lipinski definition) is 3. The first-order chi connectivity index (χ1) is 11.4. The number of benzene rings is 2. The minimum Gasteiger partial charge on any atom is -0.496 e. The standard InChI is InChI=1S/C19H22N2O3/c1-12-9-13(2)18(14(3)10-12)21-17(22)11-20-19(23)15-7-5-6-8-16(15)24-4/h5-10H,11H2,1-4H3,(H,20,23)(H,21,22). The number of amides is 2. The highest BCUT2D eigenvalue weighted by Crippen LogP contribution is 2.21. The average Bonchev–Trinajstić information content (AvgIpc) is 2.55. The highest BCUT2D eigenvalue weighted by Gasteiger charge is 2.13. The van der Waals surface area contributed by atoms with Crippen molar-refractivity contribution in [3.63, 3.8) is 0 Å². The molecule has 2 aromatic carbocycles. The van der Waals surface area contributed by atoms with Gasteiger partial charge < -0.3 is 15.4 Å². The molecule has 24 heavy (non-hydrogen) atoms. The van der Waals surface area contributed by atoms with Crippen LogP contribution in [0.5, 0.6) is 5.75 Å². The topological polar surface area (TPSA) is 67.4 Å². The Labute approximate surface area is 142 Å². The van der Waals surface area contributed by atoms with E-state index in [0.29, 0.717) is 11.3 Å². The summed E-state index contributed by atoms with van der Waals surface area (Å²) in [6, 6.07) is 10.9. The summed E-state index contributed by atoms with van der Waals surface area (Å²) in [5, 5.41) is 5.47. The third kappa shape index (κ3) is 4.13. The Hall–Kier alpha value is -2.82. The maximum Gasteiger partial charge on any atom is 0.255 e. The van der Waals surface area contributed by atoms with Gasteiger partial charge in [0.1, 0.15) is 5.75 Å². The average molecular weight is 326 g/mol. The van der Waals surface area contributed by atoms with E-state index in [2.05, 4.69) is 10.6 Å². The number of anilines is 1. The van der Waals surface area contributed by atoms with Gasteiger partial charge in [0, 0.05) is 5.69 Å². The molecule has 0 fully saturated rings. The van der Waals surface area contributed by atoms with E-state index in [4.69, 9.17) is 4.74 Å². The molecule has 2 aromatic rings. The maximum atomic E-state index is 12.2. The molecular formula is C19H22N2O3. The highest BCUT2D eigenvalue weighted by molar-refractivity contribution is 6.01. The van der Waals surface area contributed by atoms with E-state index >= 15 is 0 Å². The van der Waals surface area contributed by atoms with Crippen molar-refractivity contribution >= 4 is 17.5 Å². The van der Waals surface area contributed by atoms with E-state index in [0.717, 1.165) is 22.4 Å². The Morgan fingerprint density at radius 3 is 2.29 bits per heavy atom. The predicted molar refractivity (Wildman–Crippen MR) is 94.6 cm³/mol. The molecule has 0 heterocycles. The van der Waals surface area contributed by atoms with Crippen molar-refractivity contribution in [3.8, 4) is 5.75 Å². The summed E-state index contributed by atoms with van der Waals surface area (Å²) < 4.78 is 5.15. The van der Waals surface area contributed by atoms with E-state index in [1.54, 1.807) is 24.3 Å². The van der Waals surface area contributed by atoms with Crippen LogP contribution in [0.3, 0.4) is 0 Å². The zero-order valence-corrected chi connectivity index (χ0v) is 14.4. The van der Waals surface area contributed by atoms with Crippen LogP contribution in [0.4, 0.5) is 5.69 Å². The summed E-state index contributed by atoms with van der Waals surface area (Å²) >= 11 is 0. The van der Waals surface area contributed by atoms with Crippen molar-refractivity contribution in [2.24, 2.45) is 0 Å².